The predicted octanol–water partition coefficient (Wildman–Crippen LogP) is -2.00. The van der Waals surface area contributed by atoms with Crippen LogP contribution in [0, 0.1) is 11.8 Å². The molecule has 0 aliphatic carbocycles. The van der Waals surface area contributed by atoms with E-state index in [9.17, 15) is 19.8 Å². The van der Waals surface area contributed by atoms with E-state index in [-0.39, 0.29) is 43.2 Å². The molecular weight excluding hydrogens is 305 g/mol. The molecule has 3 atom stereocenters. The van der Waals surface area contributed by atoms with Gasteiger partial charge in [-0.3, -0.25) is 9.28 Å². The Morgan fingerprint density at radius 1 is 1.12 bits per heavy atom. The average molecular weight is 336 g/mol. The molecule has 0 radical (unpaired) electrons. The van der Waals surface area contributed by atoms with Crippen LogP contribution in [-0.4, -0.2) is 53.0 Å². The van der Waals surface area contributed by atoms with Crippen molar-refractivity contribution in [1.29, 1.82) is 0 Å². The fraction of sp³-hybridized carbons (Fsp3) is 0.765. The van der Waals surface area contributed by atoms with Gasteiger partial charge < -0.3 is 20.1 Å². The number of aliphatic hydroxyl groups is 1. The van der Waals surface area contributed by atoms with Crippen LogP contribution in [0.3, 0.4) is 0 Å². The number of carbonyl (C=O) groups excluding carboxylic acids is 1. The van der Waals surface area contributed by atoms with Crippen molar-refractivity contribution in [2.45, 2.75) is 46.5 Å². The normalized spacial score (nSPS) is 16.2. The fourth-order valence-electron chi connectivity index (χ4n) is 2.81. The van der Waals surface area contributed by atoms with Crippen LogP contribution in [0.1, 0.15) is 46.5 Å². The number of unbranched alkanes of at least 4 members (excludes halogenated alkanes) is 3. The Labute approximate surface area is 157 Å². The van der Waals surface area contributed by atoms with Crippen molar-refractivity contribution in [3.8, 4) is 0 Å². The van der Waals surface area contributed by atoms with Crippen LogP contribution < -0.4 is 24.0 Å². The van der Waals surface area contributed by atoms with Gasteiger partial charge in [-0.1, -0.05) is 19.1 Å². The molecule has 0 aromatic rings. The van der Waals surface area contributed by atoms with Crippen molar-refractivity contribution in [1.82, 2.24) is 0 Å². The first-order chi connectivity index (χ1) is 10.8. The molecule has 0 fully saturated rings. The van der Waals surface area contributed by atoms with Crippen molar-refractivity contribution in [2.75, 3.05) is 26.4 Å². The molecule has 0 aliphatic rings. The first-order valence-electron chi connectivity index (χ1n) is 8.28. The summed E-state index contributed by atoms with van der Waals surface area (Å²) in [4.78, 5) is 22.2. The zero-order valence-corrected chi connectivity index (χ0v) is 15.5. The molecular formula is C17H31LiNO5+. The molecule has 0 aromatic carbocycles. The Morgan fingerprint density at radius 2 is 1.71 bits per heavy atom. The van der Waals surface area contributed by atoms with Crippen LogP contribution >= 0.6 is 0 Å². The first kappa shape index (κ1) is 25.4. The van der Waals surface area contributed by atoms with Crippen molar-refractivity contribution >= 4 is 11.9 Å². The van der Waals surface area contributed by atoms with Crippen LogP contribution in [0.4, 0.5) is 0 Å². The maximum atomic E-state index is 11.1. The number of carbonyl (C=O) groups is 2. The molecule has 0 heterocycles. The van der Waals surface area contributed by atoms with E-state index in [0.717, 1.165) is 25.7 Å². The quantitative estimate of drug-likeness (QED) is 0.133. The molecule has 0 rings (SSSR count). The minimum absolute atomic E-state index is 0. The van der Waals surface area contributed by atoms with Gasteiger partial charge in [0.15, 0.2) is 6.73 Å². The van der Waals surface area contributed by atoms with Crippen molar-refractivity contribution < 1.29 is 48.3 Å². The van der Waals surface area contributed by atoms with Gasteiger partial charge in [-0.15, -0.1) is 0 Å². The van der Waals surface area contributed by atoms with E-state index in [1.165, 1.54) is 6.92 Å². The summed E-state index contributed by atoms with van der Waals surface area (Å²) in [6.45, 7) is 5.81. The van der Waals surface area contributed by atoms with E-state index in [0.29, 0.717) is 6.54 Å². The van der Waals surface area contributed by atoms with Gasteiger partial charge in [0, 0.05) is 11.9 Å². The molecule has 134 valence electrons. The summed E-state index contributed by atoms with van der Waals surface area (Å²) >= 11 is 0. The molecule has 0 saturated carbocycles. The van der Waals surface area contributed by atoms with E-state index in [4.69, 9.17) is 5.11 Å². The van der Waals surface area contributed by atoms with E-state index in [1.54, 1.807) is 6.92 Å². The second kappa shape index (κ2) is 13.5. The summed E-state index contributed by atoms with van der Waals surface area (Å²) in [5.74, 6) is -3.47. The number of quaternary nitrogens is 1. The molecule has 24 heavy (non-hydrogen) atoms. The number of hydrogen-bond acceptors (Lipinski definition) is 4. The monoisotopic (exact) mass is 336 g/mol. The number of rotatable bonds is 13. The Bertz CT molecular complexity index is 378. The van der Waals surface area contributed by atoms with Gasteiger partial charge >= 0.3 is 24.8 Å². The zero-order chi connectivity index (χ0) is 17.9. The minimum Gasteiger partial charge on any atom is -0.550 e. The SMILES string of the molecule is C/C=C/CCCCC[N+](CO)(CC(C)C(=O)[O-])CC(C)C(=O)O.[Li+]. The predicted molar refractivity (Wildman–Crippen MR) is 86.2 cm³/mol. The number of nitrogens with zero attached hydrogens (tertiary/aromatic N) is 1. The van der Waals surface area contributed by atoms with E-state index in [1.807, 2.05) is 13.0 Å². The Morgan fingerprint density at radius 3 is 2.17 bits per heavy atom. The number of aliphatic hydroxyl groups excluding tert-OH is 1. The maximum Gasteiger partial charge on any atom is 1.00 e. The maximum absolute atomic E-state index is 11.1. The van der Waals surface area contributed by atoms with Crippen molar-refractivity contribution in [3.63, 3.8) is 0 Å². The molecule has 0 saturated heterocycles. The van der Waals surface area contributed by atoms with Gasteiger partial charge in [-0.2, -0.15) is 0 Å². The first-order valence-corrected chi connectivity index (χ1v) is 8.28. The second-order valence-electron chi connectivity index (χ2n) is 6.45. The summed E-state index contributed by atoms with van der Waals surface area (Å²) in [6, 6.07) is 0. The smallest absolute Gasteiger partial charge is 0.550 e. The zero-order valence-electron chi connectivity index (χ0n) is 15.5. The number of hydrogen-bond donors (Lipinski definition) is 2. The Kier molecular flexibility index (Phi) is 14.3. The third-order valence-electron chi connectivity index (χ3n) is 4.19. The number of carboxylic acid groups (broad SMARTS) is 2. The third-order valence-corrected chi connectivity index (χ3v) is 4.19. The Balaban J connectivity index is 0. The number of carboxylic acids is 2. The molecule has 0 bridgehead atoms. The fourth-order valence-corrected chi connectivity index (χ4v) is 2.81. The molecule has 6 nitrogen and oxygen atoms in total. The summed E-state index contributed by atoms with van der Waals surface area (Å²) < 4.78 is 0.0895. The molecule has 0 spiro atoms. The van der Waals surface area contributed by atoms with Gasteiger partial charge in [0.2, 0.25) is 0 Å². The van der Waals surface area contributed by atoms with Gasteiger partial charge in [0.05, 0.1) is 19.6 Å². The van der Waals surface area contributed by atoms with Crippen LogP contribution in [-0.2, 0) is 9.59 Å². The van der Waals surface area contributed by atoms with Crippen molar-refractivity contribution in [2.24, 2.45) is 11.8 Å². The molecule has 2 N–H and O–H groups in total. The molecule has 3 unspecified atom stereocenters. The average Bonchev–Trinajstić information content (AvgIpc) is 2.50. The number of allylic oxidation sites excluding steroid dienone is 2. The summed E-state index contributed by atoms with van der Waals surface area (Å²) in [5.41, 5.74) is 0. The summed E-state index contributed by atoms with van der Waals surface area (Å²) in [5, 5.41) is 30.0. The van der Waals surface area contributed by atoms with Gasteiger partial charge in [-0.05, 0) is 39.5 Å². The third kappa shape index (κ3) is 10.1. The second-order valence-corrected chi connectivity index (χ2v) is 6.45. The van der Waals surface area contributed by atoms with E-state index in [2.05, 4.69) is 6.08 Å². The molecule has 0 aromatic heterocycles. The van der Waals surface area contributed by atoms with E-state index >= 15 is 0 Å². The van der Waals surface area contributed by atoms with Gasteiger partial charge in [0.1, 0.15) is 5.92 Å². The summed E-state index contributed by atoms with van der Waals surface area (Å²) in [6.07, 6.45) is 7.91. The van der Waals surface area contributed by atoms with Crippen LogP contribution in [0.25, 0.3) is 0 Å². The van der Waals surface area contributed by atoms with E-state index < -0.39 is 23.8 Å². The number of aliphatic carboxylic acids is 2. The van der Waals surface area contributed by atoms with Crippen LogP contribution in [0.2, 0.25) is 0 Å². The van der Waals surface area contributed by atoms with Crippen molar-refractivity contribution in [3.05, 3.63) is 12.2 Å². The Hall–Kier alpha value is -0.803. The van der Waals surface area contributed by atoms with Crippen LogP contribution in [0.5, 0.6) is 0 Å². The standard InChI is InChI=1S/C17H31NO5.Li/c1-4-5-6-7-8-9-10-18(13-19,11-14(2)16(20)21)12-15(3)17(22)23;/h4-5,14-15,19H,6-13H2,1-3H3,(H-,20,21,22,23);/q;+1/b5-4+;. The molecule has 7 heteroatoms. The van der Waals surface area contributed by atoms with Crippen LogP contribution in [0.15, 0.2) is 12.2 Å². The largest absolute Gasteiger partial charge is 1.00 e. The minimum atomic E-state index is -1.17. The topological polar surface area (TPSA) is 97.7 Å². The summed E-state index contributed by atoms with van der Waals surface area (Å²) in [7, 11) is 0. The van der Waals surface area contributed by atoms with Gasteiger partial charge in [-0.25, -0.2) is 0 Å². The molecule has 0 aliphatic heterocycles. The molecule has 0 amide bonds. The van der Waals surface area contributed by atoms with Gasteiger partial charge in [0.25, 0.3) is 0 Å².